The molecule has 2 nitrogen and oxygen atoms in total. The van der Waals surface area contributed by atoms with Gasteiger partial charge in [0.2, 0.25) is 0 Å². The van der Waals surface area contributed by atoms with Crippen LogP contribution in [0, 0.1) is 0 Å². The van der Waals surface area contributed by atoms with E-state index >= 15 is 0 Å². The first-order chi connectivity index (χ1) is 7.38. The Kier molecular flexibility index (Phi) is 2.18. The fourth-order valence-electron chi connectivity index (χ4n) is 1.67. The van der Waals surface area contributed by atoms with Crippen LogP contribution in [0.5, 0.6) is 0 Å². The number of halogens is 1. The van der Waals surface area contributed by atoms with E-state index in [-0.39, 0.29) is 0 Å². The lowest BCUT2D eigenvalue weighted by molar-refractivity contribution is 1.42. The number of nitrogens with zero attached hydrogens (tertiary/aromatic N) is 2. The zero-order chi connectivity index (χ0) is 10.3. The number of rotatable bonds is 1. The van der Waals surface area contributed by atoms with Crippen LogP contribution in [0.3, 0.4) is 0 Å². The highest BCUT2D eigenvalue weighted by molar-refractivity contribution is 9.08. The molecule has 4 heteroatoms. The Morgan fingerprint density at radius 2 is 2.20 bits per heavy atom. The summed E-state index contributed by atoms with van der Waals surface area (Å²) in [4.78, 5) is 5.64. The highest BCUT2D eigenvalue weighted by Gasteiger charge is 2.04. The molecule has 3 rings (SSSR count). The third-order valence-electron chi connectivity index (χ3n) is 2.40. The highest BCUT2D eigenvalue weighted by Crippen LogP contribution is 2.25. The number of hydrogen-bond acceptors (Lipinski definition) is 3. The molecule has 0 atom stereocenters. The molecule has 3 aromatic rings. The number of fused-ring (bicyclic) bond motifs is 2. The van der Waals surface area contributed by atoms with E-state index in [9.17, 15) is 0 Å². The summed E-state index contributed by atoms with van der Waals surface area (Å²) in [5.41, 5.74) is 2.30. The van der Waals surface area contributed by atoms with Gasteiger partial charge in [-0.1, -0.05) is 34.1 Å². The standard InChI is InChI=1S/C11H7BrN2S/c12-5-8-3-1-2-7-4-9-6-13-15-11(9)14-10(7)8/h1-4,6H,5H2. The normalized spacial score (nSPS) is 11.3. The monoisotopic (exact) mass is 278 g/mol. The molecule has 0 bridgehead atoms. The number of hydrogen-bond donors (Lipinski definition) is 0. The molecule has 15 heavy (non-hydrogen) atoms. The summed E-state index contributed by atoms with van der Waals surface area (Å²) < 4.78 is 4.15. The molecule has 0 radical (unpaired) electrons. The van der Waals surface area contributed by atoms with Gasteiger partial charge in [-0.25, -0.2) is 4.98 Å². The molecule has 0 spiro atoms. The third kappa shape index (κ3) is 1.44. The van der Waals surface area contributed by atoms with Crippen LogP contribution in [0.15, 0.2) is 30.5 Å². The van der Waals surface area contributed by atoms with Crippen molar-refractivity contribution in [1.29, 1.82) is 0 Å². The molecule has 0 saturated carbocycles. The van der Waals surface area contributed by atoms with Crippen molar-refractivity contribution in [3.05, 3.63) is 36.0 Å². The van der Waals surface area contributed by atoms with E-state index in [0.29, 0.717) is 0 Å². The molecule has 74 valence electrons. The quantitative estimate of drug-likeness (QED) is 0.634. The fourth-order valence-corrected chi connectivity index (χ4v) is 2.73. The molecule has 0 amide bonds. The molecule has 0 unspecified atom stereocenters. The number of aromatic nitrogens is 2. The van der Waals surface area contributed by atoms with Gasteiger partial charge in [0.05, 0.1) is 11.7 Å². The van der Waals surface area contributed by atoms with Crippen molar-refractivity contribution in [1.82, 2.24) is 9.36 Å². The highest BCUT2D eigenvalue weighted by atomic mass is 79.9. The van der Waals surface area contributed by atoms with Gasteiger partial charge in [0, 0.05) is 16.1 Å². The molecule has 0 aliphatic heterocycles. The largest absolute Gasteiger partial charge is 0.235 e. The number of para-hydroxylation sites is 1. The van der Waals surface area contributed by atoms with E-state index in [2.05, 4.69) is 49.6 Å². The lowest BCUT2D eigenvalue weighted by Gasteiger charge is -2.01. The van der Waals surface area contributed by atoms with Crippen LogP contribution in [-0.2, 0) is 5.33 Å². The predicted molar refractivity (Wildman–Crippen MR) is 67.6 cm³/mol. The zero-order valence-corrected chi connectivity index (χ0v) is 10.2. The van der Waals surface area contributed by atoms with Gasteiger partial charge in [-0.15, -0.1) is 0 Å². The van der Waals surface area contributed by atoms with Gasteiger partial charge in [0.1, 0.15) is 4.83 Å². The van der Waals surface area contributed by atoms with Gasteiger partial charge in [-0.05, 0) is 23.2 Å². The van der Waals surface area contributed by atoms with Crippen molar-refractivity contribution in [2.75, 3.05) is 0 Å². The lowest BCUT2D eigenvalue weighted by atomic mass is 10.1. The van der Waals surface area contributed by atoms with Gasteiger partial charge in [0.25, 0.3) is 0 Å². The summed E-state index contributed by atoms with van der Waals surface area (Å²) in [6.07, 6.45) is 1.87. The van der Waals surface area contributed by atoms with E-state index in [0.717, 1.165) is 21.1 Å². The molecular formula is C11H7BrN2S. The van der Waals surface area contributed by atoms with E-state index in [1.807, 2.05) is 6.20 Å². The molecule has 0 aliphatic rings. The smallest absolute Gasteiger partial charge is 0.144 e. The number of alkyl halides is 1. The summed E-state index contributed by atoms with van der Waals surface area (Å²) in [5, 5.41) is 3.14. The van der Waals surface area contributed by atoms with Crippen LogP contribution in [0.1, 0.15) is 5.56 Å². The minimum absolute atomic E-state index is 0.835. The van der Waals surface area contributed by atoms with Crippen LogP contribution in [0.25, 0.3) is 21.1 Å². The molecule has 1 aromatic carbocycles. The zero-order valence-electron chi connectivity index (χ0n) is 7.77. The van der Waals surface area contributed by atoms with Crippen molar-refractivity contribution in [2.24, 2.45) is 0 Å². The van der Waals surface area contributed by atoms with Crippen LogP contribution in [0.2, 0.25) is 0 Å². The fraction of sp³-hybridized carbons (Fsp3) is 0.0909. The molecular weight excluding hydrogens is 272 g/mol. The molecule has 0 fully saturated rings. The Bertz CT molecular complexity index is 633. The molecule has 2 aromatic heterocycles. The van der Waals surface area contributed by atoms with Gasteiger partial charge in [0.15, 0.2) is 0 Å². The maximum Gasteiger partial charge on any atom is 0.144 e. The average molecular weight is 279 g/mol. The van der Waals surface area contributed by atoms with Gasteiger partial charge >= 0.3 is 0 Å². The average Bonchev–Trinajstić information content (AvgIpc) is 2.72. The van der Waals surface area contributed by atoms with Crippen molar-refractivity contribution in [3.63, 3.8) is 0 Å². The number of pyridine rings is 1. The molecule has 0 aliphatic carbocycles. The van der Waals surface area contributed by atoms with Gasteiger partial charge in [-0.3, -0.25) is 0 Å². The van der Waals surface area contributed by atoms with E-state index in [1.165, 1.54) is 22.5 Å². The Balaban J connectivity index is 2.48. The second-order valence-corrected chi connectivity index (χ2v) is 4.67. The first-order valence-electron chi connectivity index (χ1n) is 4.57. The first kappa shape index (κ1) is 9.24. The van der Waals surface area contributed by atoms with Gasteiger partial charge in [-0.2, -0.15) is 4.37 Å². The Labute approximate surface area is 99.2 Å². The van der Waals surface area contributed by atoms with Gasteiger partial charge < -0.3 is 0 Å². The van der Waals surface area contributed by atoms with E-state index in [1.54, 1.807) is 0 Å². The van der Waals surface area contributed by atoms with Crippen molar-refractivity contribution < 1.29 is 0 Å². The van der Waals surface area contributed by atoms with Crippen LogP contribution in [0.4, 0.5) is 0 Å². The van der Waals surface area contributed by atoms with Crippen LogP contribution in [-0.4, -0.2) is 9.36 Å². The SMILES string of the molecule is BrCc1cccc2cc3cnsc3nc12. The minimum Gasteiger partial charge on any atom is -0.235 e. The van der Waals surface area contributed by atoms with E-state index in [4.69, 9.17) is 0 Å². The van der Waals surface area contributed by atoms with Crippen molar-refractivity contribution >= 4 is 48.6 Å². The van der Waals surface area contributed by atoms with Crippen molar-refractivity contribution in [2.45, 2.75) is 5.33 Å². The predicted octanol–water partition coefficient (Wildman–Crippen LogP) is 3.74. The molecule has 0 saturated heterocycles. The summed E-state index contributed by atoms with van der Waals surface area (Å²) in [7, 11) is 0. The summed E-state index contributed by atoms with van der Waals surface area (Å²) in [5.74, 6) is 0. The Morgan fingerprint density at radius 3 is 3.07 bits per heavy atom. The molecule has 0 N–H and O–H groups in total. The maximum absolute atomic E-state index is 4.63. The lowest BCUT2D eigenvalue weighted by Crippen LogP contribution is -1.85. The van der Waals surface area contributed by atoms with Crippen LogP contribution < -0.4 is 0 Å². The number of benzene rings is 1. The summed E-state index contributed by atoms with van der Waals surface area (Å²) in [6.45, 7) is 0. The molecule has 2 heterocycles. The third-order valence-corrected chi connectivity index (χ3v) is 3.71. The maximum atomic E-state index is 4.63. The van der Waals surface area contributed by atoms with E-state index < -0.39 is 0 Å². The second-order valence-electron chi connectivity index (χ2n) is 3.33. The summed E-state index contributed by atoms with van der Waals surface area (Å²) >= 11 is 4.93. The summed E-state index contributed by atoms with van der Waals surface area (Å²) in [6, 6.07) is 8.39. The topological polar surface area (TPSA) is 25.8 Å². The Hall–Kier alpha value is -1.00. The first-order valence-corrected chi connectivity index (χ1v) is 6.47. The van der Waals surface area contributed by atoms with Crippen LogP contribution >= 0.6 is 27.5 Å². The second kappa shape index (κ2) is 3.54. The van der Waals surface area contributed by atoms with Crippen molar-refractivity contribution in [3.8, 4) is 0 Å². The Morgan fingerprint density at radius 1 is 1.27 bits per heavy atom. The minimum atomic E-state index is 0.835.